The van der Waals surface area contributed by atoms with E-state index in [1.54, 1.807) is 4.90 Å². The summed E-state index contributed by atoms with van der Waals surface area (Å²) in [5.41, 5.74) is 2.09. The number of rotatable bonds is 2. The van der Waals surface area contributed by atoms with E-state index in [9.17, 15) is 14.7 Å². The molecule has 0 unspecified atom stereocenters. The summed E-state index contributed by atoms with van der Waals surface area (Å²) in [6, 6.07) is 6.01. The van der Waals surface area contributed by atoms with Crippen molar-refractivity contribution in [2.75, 3.05) is 11.4 Å². The Kier molecular flexibility index (Phi) is 2.62. The Balaban J connectivity index is 1.96. The Morgan fingerprint density at radius 1 is 1.32 bits per heavy atom. The van der Waals surface area contributed by atoms with Gasteiger partial charge in [0, 0.05) is 12.2 Å². The van der Waals surface area contributed by atoms with E-state index in [0.717, 1.165) is 24.1 Å². The number of carboxylic acid groups (broad SMARTS) is 1. The van der Waals surface area contributed by atoms with Crippen LogP contribution in [0, 0.1) is 12.3 Å². The first-order valence-corrected chi connectivity index (χ1v) is 6.69. The van der Waals surface area contributed by atoms with Gasteiger partial charge in [0.25, 0.3) is 0 Å². The van der Waals surface area contributed by atoms with Crippen LogP contribution in [0.2, 0.25) is 0 Å². The van der Waals surface area contributed by atoms with Crippen molar-refractivity contribution in [1.29, 1.82) is 0 Å². The van der Waals surface area contributed by atoms with Crippen LogP contribution in [0.25, 0.3) is 0 Å². The first kappa shape index (κ1) is 12.2. The fourth-order valence-electron chi connectivity index (χ4n) is 2.84. The maximum Gasteiger partial charge on any atom is 0.319 e. The van der Waals surface area contributed by atoms with Crippen LogP contribution in [0.3, 0.4) is 0 Å². The second-order valence-electron chi connectivity index (χ2n) is 5.58. The standard InChI is InChI=1S/C15H17NO3/c1-10-4-5-12-11(9-10)3-2-8-16(12)13(17)15(6-7-15)14(18)19/h4-5,9H,2-3,6-8H2,1H3,(H,18,19). The normalized spacial score (nSPS) is 19.7. The molecule has 1 aliphatic heterocycles. The highest BCUT2D eigenvalue weighted by Crippen LogP contribution is 2.48. The molecule has 1 fully saturated rings. The van der Waals surface area contributed by atoms with Crippen molar-refractivity contribution in [3.05, 3.63) is 29.3 Å². The van der Waals surface area contributed by atoms with E-state index in [1.165, 1.54) is 5.56 Å². The second-order valence-corrected chi connectivity index (χ2v) is 5.58. The van der Waals surface area contributed by atoms with Gasteiger partial charge in [0.1, 0.15) is 5.41 Å². The number of aliphatic carboxylic acids is 1. The summed E-state index contributed by atoms with van der Waals surface area (Å²) >= 11 is 0. The molecule has 1 aromatic carbocycles. The third-order valence-electron chi connectivity index (χ3n) is 4.17. The number of carbonyl (C=O) groups excluding carboxylic acids is 1. The topological polar surface area (TPSA) is 57.6 Å². The molecule has 1 aromatic rings. The monoisotopic (exact) mass is 259 g/mol. The molecule has 1 N–H and O–H groups in total. The van der Waals surface area contributed by atoms with Gasteiger partial charge in [-0.3, -0.25) is 9.59 Å². The summed E-state index contributed by atoms with van der Waals surface area (Å²) in [7, 11) is 0. The smallest absolute Gasteiger partial charge is 0.319 e. The lowest BCUT2D eigenvalue weighted by Crippen LogP contribution is -2.43. The lowest BCUT2D eigenvalue weighted by molar-refractivity contribution is -0.148. The van der Waals surface area contributed by atoms with Crippen molar-refractivity contribution in [2.24, 2.45) is 5.41 Å². The minimum absolute atomic E-state index is 0.232. The summed E-state index contributed by atoms with van der Waals surface area (Å²) in [4.78, 5) is 25.5. The van der Waals surface area contributed by atoms with Crippen molar-refractivity contribution in [1.82, 2.24) is 0 Å². The molecule has 2 aliphatic rings. The Labute approximate surface area is 112 Å². The van der Waals surface area contributed by atoms with Crippen LogP contribution in [0.1, 0.15) is 30.4 Å². The molecule has 0 spiro atoms. The minimum atomic E-state index is -1.14. The van der Waals surface area contributed by atoms with Crippen molar-refractivity contribution >= 4 is 17.6 Å². The van der Waals surface area contributed by atoms with E-state index in [-0.39, 0.29) is 5.91 Å². The number of carbonyl (C=O) groups is 2. The van der Waals surface area contributed by atoms with Crippen LogP contribution < -0.4 is 4.90 Å². The van der Waals surface area contributed by atoms with E-state index in [0.29, 0.717) is 19.4 Å². The van der Waals surface area contributed by atoms with Gasteiger partial charge in [-0.2, -0.15) is 0 Å². The van der Waals surface area contributed by atoms with Gasteiger partial charge in [-0.25, -0.2) is 0 Å². The van der Waals surface area contributed by atoms with Crippen molar-refractivity contribution in [2.45, 2.75) is 32.6 Å². The fourth-order valence-corrected chi connectivity index (χ4v) is 2.84. The average molecular weight is 259 g/mol. The maximum absolute atomic E-state index is 12.5. The Hall–Kier alpha value is -1.84. The van der Waals surface area contributed by atoms with Crippen LogP contribution in [0.15, 0.2) is 18.2 Å². The van der Waals surface area contributed by atoms with Crippen LogP contribution >= 0.6 is 0 Å². The molecule has 1 heterocycles. The van der Waals surface area contributed by atoms with Gasteiger partial charge in [-0.1, -0.05) is 17.7 Å². The number of carboxylic acids is 1. The first-order valence-electron chi connectivity index (χ1n) is 6.69. The molecule has 4 heteroatoms. The molecular formula is C15H17NO3. The SMILES string of the molecule is Cc1ccc2c(c1)CCCN2C(=O)C1(C(=O)O)CC1. The molecular weight excluding hydrogens is 242 g/mol. The maximum atomic E-state index is 12.5. The predicted molar refractivity (Wildman–Crippen MR) is 71.2 cm³/mol. The number of anilines is 1. The van der Waals surface area contributed by atoms with Gasteiger partial charge in [0.05, 0.1) is 0 Å². The summed E-state index contributed by atoms with van der Waals surface area (Å²) < 4.78 is 0. The van der Waals surface area contributed by atoms with E-state index < -0.39 is 11.4 Å². The van der Waals surface area contributed by atoms with Crippen LogP contribution in [0.4, 0.5) is 5.69 Å². The highest BCUT2D eigenvalue weighted by molar-refractivity contribution is 6.12. The number of hydrogen-bond acceptors (Lipinski definition) is 2. The van der Waals surface area contributed by atoms with E-state index in [4.69, 9.17) is 0 Å². The zero-order valence-corrected chi connectivity index (χ0v) is 11.0. The molecule has 1 amide bonds. The average Bonchev–Trinajstić information content (AvgIpc) is 3.18. The molecule has 0 saturated heterocycles. The Bertz CT molecular complexity index is 561. The molecule has 0 atom stereocenters. The third kappa shape index (κ3) is 1.82. The summed E-state index contributed by atoms with van der Waals surface area (Å²) in [6.45, 7) is 2.66. The summed E-state index contributed by atoms with van der Waals surface area (Å²) in [5, 5.41) is 9.25. The zero-order valence-electron chi connectivity index (χ0n) is 11.0. The fraction of sp³-hybridized carbons (Fsp3) is 0.467. The van der Waals surface area contributed by atoms with Crippen molar-refractivity contribution in [3.8, 4) is 0 Å². The zero-order chi connectivity index (χ0) is 13.6. The van der Waals surface area contributed by atoms with Crippen molar-refractivity contribution < 1.29 is 14.7 Å². The molecule has 0 aromatic heterocycles. The first-order chi connectivity index (χ1) is 9.04. The highest BCUT2D eigenvalue weighted by atomic mass is 16.4. The number of benzene rings is 1. The second kappa shape index (κ2) is 4.08. The minimum Gasteiger partial charge on any atom is -0.480 e. The van der Waals surface area contributed by atoms with Gasteiger partial charge in [-0.05, 0) is 44.2 Å². The lowest BCUT2D eigenvalue weighted by Gasteiger charge is -2.31. The predicted octanol–water partition coefficient (Wildman–Crippen LogP) is 2.14. The molecule has 100 valence electrons. The molecule has 3 rings (SSSR count). The molecule has 0 radical (unpaired) electrons. The van der Waals surface area contributed by atoms with Crippen LogP contribution in [-0.4, -0.2) is 23.5 Å². The summed E-state index contributed by atoms with van der Waals surface area (Å²) in [6.07, 6.45) is 2.80. The quantitative estimate of drug-likeness (QED) is 0.828. The van der Waals surface area contributed by atoms with Gasteiger partial charge in [-0.15, -0.1) is 0 Å². The van der Waals surface area contributed by atoms with Gasteiger partial charge < -0.3 is 10.0 Å². The van der Waals surface area contributed by atoms with E-state index in [2.05, 4.69) is 6.07 Å². The largest absolute Gasteiger partial charge is 0.480 e. The van der Waals surface area contributed by atoms with Crippen LogP contribution in [-0.2, 0) is 16.0 Å². The van der Waals surface area contributed by atoms with E-state index in [1.807, 2.05) is 19.1 Å². The number of fused-ring (bicyclic) bond motifs is 1. The Morgan fingerprint density at radius 3 is 2.68 bits per heavy atom. The molecule has 4 nitrogen and oxygen atoms in total. The number of nitrogens with zero attached hydrogens (tertiary/aromatic N) is 1. The Morgan fingerprint density at radius 2 is 2.05 bits per heavy atom. The number of amides is 1. The van der Waals surface area contributed by atoms with Gasteiger partial charge in [0.2, 0.25) is 5.91 Å². The molecule has 1 aliphatic carbocycles. The van der Waals surface area contributed by atoms with Gasteiger partial charge in [0.15, 0.2) is 0 Å². The number of aryl methyl sites for hydroxylation is 2. The van der Waals surface area contributed by atoms with Crippen molar-refractivity contribution in [3.63, 3.8) is 0 Å². The highest BCUT2D eigenvalue weighted by Gasteiger charge is 2.59. The van der Waals surface area contributed by atoms with Crippen LogP contribution in [0.5, 0.6) is 0 Å². The molecule has 1 saturated carbocycles. The molecule has 19 heavy (non-hydrogen) atoms. The van der Waals surface area contributed by atoms with E-state index >= 15 is 0 Å². The third-order valence-corrected chi connectivity index (χ3v) is 4.17. The van der Waals surface area contributed by atoms with Gasteiger partial charge >= 0.3 is 5.97 Å². The summed E-state index contributed by atoms with van der Waals surface area (Å²) in [5.74, 6) is -1.21. The molecule has 0 bridgehead atoms. The lowest BCUT2D eigenvalue weighted by atomic mass is 9.97. The number of hydrogen-bond donors (Lipinski definition) is 1.